The molecular weight excluding hydrogens is 281 g/mol. The van der Waals surface area contributed by atoms with E-state index in [2.05, 4.69) is 15.1 Å². The van der Waals surface area contributed by atoms with E-state index in [-0.39, 0.29) is 17.8 Å². The van der Waals surface area contributed by atoms with E-state index in [4.69, 9.17) is 0 Å². The topological polar surface area (TPSA) is 35.6 Å². The number of hydrogen-bond acceptors (Lipinski definition) is 3. The van der Waals surface area contributed by atoms with Gasteiger partial charge in [0.2, 0.25) is 5.91 Å². The highest BCUT2D eigenvalue weighted by Gasteiger charge is 2.31. The Morgan fingerprint density at radius 3 is 2.77 bits per heavy atom. The van der Waals surface area contributed by atoms with E-state index < -0.39 is 0 Å². The van der Waals surface area contributed by atoms with Gasteiger partial charge in [-0.1, -0.05) is 6.07 Å². The number of amides is 1. The van der Waals surface area contributed by atoms with E-state index in [0.29, 0.717) is 6.54 Å². The van der Waals surface area contributed by atoms with Gasteiger partial charge in [0.05, 0.1) is 6.04 Å². The van der Waals surface area contributed by atoms with Crippen molar-refractivity contribution in [3.8, 4) is 0 Å². The van der Waals surface area contributed by atoms with E-state index in [1.54, 1.807) is 13.1 Å². The lowest BCUT2D eigenvalue weighted by Gasteiger charge is -2.27. The molecule has 1 aromatic carbocycles. The minimum atomic E-state index is -0.160. The first kappa shape index (κ1) is 15.3. The van der Waals surface area contributed by atoms with Crippen molar-refractivity contribution in [1.29, 1.82) is 0 Å². The lowest BCUT2D eigenvalue weighted by Crippen LogP contribution is -2.41. The van der Waals surface area contributed by atoms with Gasteiger partial charge < -0.3 is 10.2 Å². The second kappa shape index (κ2) is 6.65. The molecule has 3 rings (SSSR count). The maximum Gasteiger partial charge on any atom is 0.237 e. The van der Waals surface area contributed by atoms with Crippen molar-refractivity contribution in [2.24, 2.45) is 0 Å². The molecule has 4 nitrogen and oxygen atoms in total. The fraction of sp³-hybridized carbons (Fsp3) is 0.588. The summed E-state index contributed by atoms with van der Waals surface area (Å²) in [6, 6.07) is 5.19. The van der Waals surface area contributed by atoms with Crippen LogP contribution >= 0.6 is 0 Å². The third-order valence-electron chi connectivity index (χ3n) is 4.81. The van der Waals surface area contributed by atoms with Crippen LogP contribution in [0.4, 0.5) is 10.1 Å². The van der Waals surface area contributed by atoms with Crippen molar-refractivity contribution in [3.63, 3.8) is 0 Å². The summed E-state index contributed by atoms with van der Waals surface area (Å²) in [6.45, 7) is 3.35. The van der Waals surface area contributed by atoms with E-state index >= 15 is 0 Å². The number of hydrogen-bond donors (Lipinski definition) is 1. The Hall–Kier alpha value is -1.62. The fourth-order valence-electron chi connectivity index (χ4n) is 3.64. The molecule has 1 atom stereocenters. The molecule has 22 heavy (non-hydrogen) atoms. The van der Waals surface area contributed by atoms with Crippen LogP contribution in [0.3, 0.4) is 0 Å². The van der Waals surface area contributed by atoms with Crippen LogP contribution in [-0.2, 0) is 11.3 Å². The normalized spacial score (nSPS) is 22.3. The van der Waals surface area contributed by atoms with Gasteiger partial charge in [0.1, 0.15) is 5.82 Å². The maximum absolute atomic E-state index is 14.4. The van der Waals surface area contributed by atoms with Gasteiger partial charge >= 0.3 is 0 Å². The number of nitrogens with zero attached hydrogens (tertiary/aromatic N) is 2. The Morgan fingerprint density at radius 2 is 2.05 bits per heavy atom. The highest BCUT2D eigenvalue weighted by Crippen LogP contribution is 2.30. The Bertz CT molecular complexity index is 543. The summed E-state index contributed by atoms with van der Waals surface area (Å²) in [6.07, 6.45) is 4.18. The van der Waals surface area contributed by atoms with Gasteiger partial charge in [-0.3, -0.25) is 9.69 Å². The molecule has 0 bridgehead atoms. The van der Waals surface area contributed by atoms with Gasteiger partial charge in [0.15, 0.2) is 0 Å². The number of carbonyl (C=O) groups is 1. The first-order valence-electron chi connectivity index (χ1n) is 8.18. The lowest BCUT2D eigenvalue weighted by atomic mass is 10.1. The zero-order chi connectivity index (χ0) is 15.5. The second-order valence-electron chi connectivity index (χ2n) is 6.17. The van der Waals surface area contributed by atoms with Crippen molar-refractivity contribution < 1.29 is 9.18 Å². The zero-order valence-electron chi connectivity index (χ0n) is 13.1. The molecule has 5 heteroatoms. The van der Waals surface area contributed by atoms with Gasteiger partial charge in [-0.25, -0.2) is 4.39 Å². The van der Waals surface area contributed by atoms with Crippen LogP contribution in [0.2, 0.25) is 0 Å². The Labute approximate surface area is 131 Å². The smallest absolute Gasteiger partial charge is 0.237 e. The van der Waals surface area contributed by atoms with Crippen molar-refractivity contribution >= 4 is 11.6 Å². The number of halogens is 1. The lowest BCUT2D eigenvalue weighted by molar-refractivity contribution is -0.125. The van der Waals surface area contributed by atoms with Crippen LogP contribution in [-0.4, -0.2) is 43.5 Å². The molecule has 0 aromatic heterocycles. The average molecular weight is 305 g/mol. The third-order valence-corrected chi connectivity index (χ3v) is 4.81. The number of nitrogens with one attached hydrogen (secondary N) is 1. The third kappa shape index (κ3) is 2.95. The zero-order valence-corrected chi connectivity index (χ0v) is 13.1. The first-order valence-corrected chi connectivity index (χ1v) is 8.18. The van der Waals surface area contributed by atoms with E-state index in [9.17, 15) is 9.18 Å². The van der Waals surface area contributed by atoms with Crippen LogP contribution < -0.4 is 10.2 Å². The van der Waals surface area contributed by atoms with E-state index in [1.165, 1.54) is 18.9 Å². The predicted molar refractivity (Wildman–Crippen MR) is 85.3 cm³/mol. The van der Waals surface area contributed by atoms with Crippen molar-refractivity contribution in [1.82, 2.24) is 10.2 Å². The van der Waals surface area contributed by atoms with Crippen molar-refractivity contribution in [3.05, 3.63) is 29.6 Å². The Morgan fingerprint density at radius 1 is 1.27 bits per heavy atom. The fourth-order valence-corrected chi connectivity index (χ4v) is 3.64. The minimum absolute atomic E-state index is 0.0385. The van der Waals surface area contributed by atoms with Gasteiger partial charge in [-0.2, -0.15) is 0 Å². The summed E-state index contributed by atoms with van der Waals surface area (Å²) < 4.78 is 14.4. The molecule has 120 valence electrons. The molecule has 2 fully saturated rings. The molecular formula is C17H24FN3O. The van der Waals surface area contributed by atoms with Crippen molar-refractivity contribution in [2.75, 3.05) is 31.6 Å². The number of carbonyl (C=O) groups excluding carboxylic acids is 1. The van der Waals surface area contributed by atoms with Gasteiger partial charge in [0, 0.05) is 37.9 Å². The molecule has 1 aromatic rings. The molecule has 0 unspecified atom stereocenters. The quantitative estimate of drug-likeness (QED) is 0.926. The monoisotopic (exact) mass is 305 g/mol. The predicted octanol–water partition coefficient (Wildman–Crippen LogP) is 2.14. The SMILES string of the molecule is CNC(=O)[C@@H]1CCCN1Cc1c(F)cccc1N1CCCC1. The number of rotatable bonds is 4. The molecule has 1 N–H and O–H groups in total. The first-order chi connectivity index (χ1) is 10.7. The molecule has 2 aliphatic heterocycles. The molecule has 0 saturated carbocycles. The average Bonchev–Trinajstić information content (AvgIpc) is 3.20. The maximum atomic E-state index is 14.4. The highest BCUT2D eigenvalue weighted by atomic mass is 19.1. The largest absolute Gasteiger partial charge is 0.371 e. The highest BCUT2D eigenvalue weighted by molar-refractivity contribution is 5.81. The molecule has 0 spiro atoms. The standard InChI is InChI=1S/C17H24FN3O/c1-19-17(22)16-8-5-11-21(16)12-13-14(18)6-4-7-15(13)20-9-2-3-10-20/h4,6-7,16H,2-3,5,8-12H2,1H3,(H,19,22)/t16-/m0/s1. The van der Waals surface area contributed by atoms with Crippen molar-refractivity contribution in [2.45, 2.75) is 38.3 Å². The van der Waals surface area contributed by atoms with Gasteiger partial charge in [-0.05, 0) is 44.4 Å². The van der Waals surface area contributed by atoms with Crippen LogP contribution in [0.1, 0.15) is 31.2 Å². The van der Waals surface area contributed by atoms with E-state index in [0.717, 1.165) is 43.7 Å². The summed E-state index contributed by atoms with van der Waals surface area (Å²) in [4.78, 5) is 16.4. The molecule has 0 aliphatic carbocycles. The summed E-state index contributed by atoms with van der Waals surface area (Å²) in [7, 11) is 1.66. The number of likely N-dealkylation sites (tertiary alicyclic amines) is 1. The number of anilines is 1. The Balaban J connectivity index is 1.83. The minimum Gasteiger partial charge on any atom is -0.371 e. The van der Waals surface area contributed by atoms with Gasteiger partial charge in [-0.15, -0.1) is 0 Å². The number of likely N-dealkylation sites (N-methyl/N-ethyl adjacent to an activating group) is 1. The van der Waals surface area contributed by atoms with Crippen LogP contribution in [0.15, 0.2) is 18.2 Å². The van der Waals surface area contributed by atoms with E-state index in [1.807, 2.05) is 6.07 Å². The van der Waals surface area contributed by atoms with Gasteiger partial charge in [0.25, 0.3) is 0 Å². The molecule has 2 aliphatic rings. The molecule has 2 heterocycles. The summed E-state index contributed by atoms with van der Waals surface area (Å²) >= 11 is 0. The number of benzene rings is 1. The van der Waals surface area contributed by atoms with Crippen LogP contribution in [0.5, 0.6) is 0 Å². The van der Waals surface area contributed by atoms with Crippen LogP contribution in [0, 0.1) is 5.82 Å². The molecule has 0 radical (unpaired) electrons. The molecule has 1 amide bonds. The van der Waals surface area contributed by atoms with Crippen LogP contribution in [0.25, 0.3) is 0 Å². The second-order valence-corrected chi connectivity index (χ2v) is 6.17. The summed E-state index contributed by atoms with van der Waals surface area (Å²) in [5.74, 6) is -0.122. The molecule has 2 saturated heterocycles. The summed E-state index contributed by atoms with van der Waals surface area (Å²) in [5, 5.41) is 2.72. The summed E-state index contributed by atoms with van der Waals surface area (Å²) in [5.41, 5.74) is 1.74. The Kier molecular flexibility index (Phi) is 4.62.